The highest BCUT2D eigenvalue weighted by molar-refractivity contribution is 5.05. The predicted molar refractivity (Wildman–Crippen MR) is 69.6 cm³/mol. The van der Waals surface area contributed by atoms with E-state index in [0.717, 1.165) is 24.0 Å². The molecule has 0 aliphatic heterocycles. The molecule has 1 saturated carbocycles. The van der Waals surface area contributed by atoms with Crippen molar-refractivity contribution in [2.24, 2.45) is 17.8 Å². The molecule has 2 rings (SSSR count). The Kier molecular flexibility index (Phi) is 4.16. The van der Waals surface area contributed by atoms with Crippen molar-refractivity contribution in [2.45, 2.75) is 45.6 Å². The summed E-state index contributed by atoms with van der Waals surface area (Å²) in [5.74, 6) is 2.02. The lowest BCUT2D eigenvalue weighted by Gasteiger charge is -2.34. The summed E-state index contributed by atoms with van der Waals surface area (Å²) in [6.07, 6.45) is 5.86. The third-order valence-corrected chi connectivity index (χ3v) is 4.33. The van der Waals surface area contributed by atoms with Crippen molar-refractivity contribution in [3.05, 3.63) is 30.1 Å². The molecule has 1 aliphatic rings. The number of pyridine rings is 1. The zero-order chi connectivity index (χ0) is 12.3. The van der Waals surface area contributed by atoms with Gasteiger partial charge in [-0.1, -0.05) is 26.3 Å². The summed E-state index contributed by atoms with van der Waals surface area (Å²) < 4.78 is 0. The number of hydrogen-bond donors (Lipinski definition) is 1. The topological polar surface area (TPSA) is 33.1 Å². The van der Waals surface area contributed by atoms with Crippen molar-refractivity contribution in [3.8, 4) is 0 Å². The lowest BCUT2D eigenvalue weighted by atomic mass is 9.73. The van der Waals surface area contributed by atoms with E-state index in [9.17, 15) is 5.11 Å². The molecule has 2 nitrogen and oxygen atoms in total. The first-order valence-corrected chi connectivity index (χ1v) is 6.74. The van der Waals surface area contributed by atoms with E-state index in [-0.39, 0.29) is 6.10 Å². The van der Waals surface area contributed by atoms with E-state index < -0.39 is 0 Å². The van der Waals surface area contributed by atoms with Crippen LogP contribution in [0.5, 0.6) is 0 Å². The van der Waals surface area contributed by atoms with E-state index in [1.807, 2.05) is 18.2 Å². The maximum Gasteiger partial charge on any atom is 0.0623 e. The molecular weight excluding hydrogens is 210 g/mol. The van der Waals surface area contributed by atoms with Crippen LogP contribution in [-0.4, -0.2) is 16.2 Å². The normalized spacial score (nSPS) is 31.1. The third kappa shape index (κ3) is 3.29. The van der Waals surface area contributed by atoms with Gasteiger partial charge in [-0.15, -0.1) is 0 Å². The second-order valence-electron chi connectivity index (χ2n) is 5.62. The van der Waals surface area contributed by atoms with Gasteiger partial charge in [-0.2, -0.15) is 0 Å². The number of rotatable bonds is 3. The highest BCUT2D eigenvalue weighted by Gasteiger charge is 2.29. The quantitative estimate of drug-likeness (QED) is 0.870. The van der Waals surface area contributed by atoms with Crippen LogP contribution in [0.3, 0.4) is 0 Å². The Morgan fingerprint density at radius 3 is 2.76 bits per heavy atom. The predicted octanol–water partition coefficient (Wildman–Crippen LogP) is 3.06. The number of nitrogens with zero attached hydrogens (tertiary/aromatic N) is 1. The Hall–Kier alpha value is -0.890. The van der Waals surface area contributed by atoms with Gasteiger partial charge in [-0.3, -0.25) is 4.98 Å². The Bertz CT molecular complexity index is 338. The number of aliphatic hydroxyl groups is 1. The van der Waals surface area contributed by atoms with E-state index in [2.05, 4.69) is 18.8 Å². The summed E-state index contributed by atoms with van der Waals surface area (Å²) in [5.41, 5.74) is 1.01. The van der Waals surface area contributed by atoms with Gasteiger partial charge < -0.3 is 5.11 Å². The maximum atomic E-state index is 10.3. The van der Waals surface area contributed by atoms with Crippen LogP contribution < -0.4 is 0 Å². The van der Waals surface area contributed by atoms with Gasteiger partial charge in [0.15, 0.2) is 0 Å². The molecule has 1 aromatic rings. The Morgan fingerprint density at radius 1 is 1.29 bits per heavy atom. The van der Waals surface area contributed by atoms with Crippen LogP contribution >= 0.6 is 0 Å². The number of hydrogen-bond acceptors (Lipinski definition) is 2. The average molecular weight is 233 g/mol. The average Bonchev–Trinajstić information content (AvgIpc) is 2.34. The summed E-state index contributed by atoms with van der Waals surface area (Å²) in [6.45, 7) is 4.64. The van der Waals surface area contributed by atoms with Gasteiger partial charge in [0.25, 0.3) is 0 Å². The first-order valence-electron chi connectivity index (χ1n) is 6.74. The van der Waals surface area contributed by atoms with Crippen molar-refractivity contribution in [1.82, 2.24) is 4.98 Å². The highest BCUT2D eigenvalue weighted by Crippen LogP contribution is 2.35. The molecule has 94 valence electrons. The summed E-state index contributed by atoms with van der Waals surface area (Å²) in [4.78, 5) is 4.29. The fourth-order valence-corrected chi connectivity index (χ4v) is 2.84. The van der Waals surface area contributed by atoms with Crippen LogP contribution in [0.2, 0.25) is 0 Å². The molecule has 0 amide bonds. The van der Waals surface area contributed by atoms with Crippen LogP contribution in [0.1, 0.15) is 38.8 Å². The molecule has 1 N–H and O–H groups in total. The van der Waals surface area contributed by atoms with Crippen molar-refractivity contribution in [3.63, 3.8) is 0 Å². The van der Waals surface area contributed by atoms with E-state index in [1.165, 1.54) is 12.8 Å². The Balaban J connectivity index is 1.90. The molecule has 17 heavy (non-hydrogen) atoms. The third-order valence-electron chi connectivity index (χ3n) is 4.33. The fourth-order valence-electron chi connectivity index (χ4n) is 2.84. The van der Waals surface area contributed by atoms with Crippen molar-refractivity contribution in [1.29, 1.82) is 0 Å². The smallest absolute Gasteiger partial charge is 0.0623 e. The molecule has 4 atom stereocenters. The Labute approximate surface area is 104 Å². The zero-order valence-electron chi connectivity index (χ0n) is 10.8. The minimum absolute atomic E-state index is 0.222. The SMILES string of the molecule is CC1CCC(C(O)Cc2ccccn2)CC1C. The van der Waals surface area contributed by atoms with Gasteiger partial charge in [-0.25, -0.2) is 0 Å². The fraction of sp³-hybridized carbons (Fsp3) is 0.667. The highest BCUT2D eigenvalue weighted by atomic mass is 16.3. The van der Waals surface area contributed by atoms with E-state index in [0.29, 0.717) is 12.3 Å². The van der Waals surface area contributed by atoms with E-state index >= 15 is 0 Å². The van der Waals surface area contributed by atoms with Gasteiger partial charge in [-0.05, 0) is 42.7 Å². The first kappa shape index (κ1) is 12.6. The largest absolute Gasteiger partial charge is 0.392 e. The van der Waals surface area contributed by atoms with Crippen LogP contribution in [0, 0.1) is 17.8 Å². The van der Waals surface area contributed by atoms with Gasteiger partial charge in [0.05, 0.1) is 6.10 Å². The number of aliphatic hydroxyl groups excluding tert-OH is 1. The van der Waals surface area contributed by atoms with Crippen LogP contribution in [0.4, 0.5) is 0 Å². The van der Waals surface area contributed by atoms with Gasteiger partial charge in [0.2, 0.25) is 0 Å². The standard InChI is InChI=1S/C15H23NO/c1-11-6-7-13(9-12(11)2)15(17)10-14-5-3-4-8-16-14/h3-5,8,11-13,15,17H,6-7,9-10H2,1-2H3. The summed E-state index contributed by atoms with van der Waals surface area (Å²) in [6, 6.07) is 5.90. The molecule has 2 heteroatoms. The molecule has 1 aromatic heterocycles. The summed E-state index contributed by atoms with van der Waals surface area (Å²) in [5, 5.41) is 10.3. The molecule has 0 saturated heterocycles. The van der Waals surface area contributed by atoms with E-state index in [1.54, 1.807) is 6.20 Å². The van der Waals surface area contributed by atoms with Crippen molar-refractivity contribution in [2.75, 3.05) is 0 Å². The molecule has 0 spiro atoms. The van der Waals surface area contributed by atoms with E-state index in [4.69, 9.17) is 0 Å². The molecule has 0 radical (unpaired) electrons. The molecule has 0 aromatic carbocycles. The molecule has 0 bridgehead atoms. The first-order chi connectivity index (χ1) is 8.16. The lowest BCUT2D eigenvalue weighted by Crippen LogP contribution is -2.30. The van der Waals surface area contributed by atoms with Crippen molar-refractivity contribution >= 4 is 0 Å². The molecule has 1 fully saturated rings. The lowest BCUT2D eigenvalue weighted by molar-refractivity contribution is 0.0564. The van der Waals surface area contributed by atoms with Gasteiger partial charge in [0.1, 0.15) is 0 Å². The zero-order valence-corrected chi connectivity index (χ0v) is 10.8. The molecule has 4 unspecified atom stereocenters. The minimum Gasteiger partial charge on any atom is -0.392 e. The molecule has 1 heterocycles. The minimum atomic E-state index is -0.222. The van der Waals surface area contributed by atoms with Gasteiger partial charge in [0, 0.05) is 18.3 Å². The van der Waals surface area contributed by atoms with Crippen LogP contribution in [-0.2, 0) is 6.42 Å². The summed E-state index contributed by atoms with van der Waals surface area (Å²) in [7, 11) is 0. The van der Waals surface area contributed by atoms with Gasteiger partial charge >= 0.3 is 0 Å². The second kappa shape index (κ2) is 5.63. The monoisotopic (exact) mass is 233 g/mol. The summed E-state index contributed by atoms with van der Waals surface area (Å²) >= 11 is 0. The molecule has 1 aliphatic carbocycles. The van der Waals surface area contributed by atoms with Crippen LogP contribution in [0.25, 0.3) is 0 Å². The van der Waals surface area contributed by atoms with Crippen LogP contribution in [0.15, 0.2) is 24.4 Å². The maximum absolute atomic E-state index is 10.3. The van der Waals surface area contributed by atoms with Crippen molar-refractivity contribution < 1.29 is 5.11 Å². The Morgan fingerprint density at radius 2 is 2.12 bits per heavy atom. The second-order valence-corrected chi connectivity index (χ2v) is 5.62. The molecular formula is C15H23NO. The number of aromatic nitrogens is 1.